The molecule has 0 aliphatic carbocycles. The van der Waals surface area contributed by atoms with E-state index in [1.54, 1.807) is 19.1 Å². The van der Waals surface area contributed by atoms with Gasteiger partial charge in [-0.1, -0.05) is 6.07 Å². The van der Waals surface area contributed by atoms with E-state index >= 15 is 0 Å². The summed E-state index contributed by atoms with van der Waals surface area (Å²) in [6.45, 7) is 3.54. The summed E-state index contributed by atoms with van der Waals surface area (Å²) in [4.78, 5) is 30.2. The van der Waals surface area contributed by atoms with Crippen LogP contribution in [-0.4, -0.2) is 23.0 Å². The van der Waals surface area contributed by atoms with Crippen molar-refractivity contribution < 1.29 is 9.53 Å². The number of aromatic amines is 1. The van der Waals surface area contributed by atoms with Crippen molar-refractivity contribution in [3.63, 3.8) is 0 Å². The molecule has 0 radical (unpaired) electrons. The Labute approximate surface area is 115 Å². The lowest BCUT2D eigenvalue weighted by molar-refractivity contribution is 0.102. The Kier molecular flexibility index (Phi) is 3.84. The molecular formula is C14H15N3O3. The number of methoxy groups -OCH3 is 1. The van der Waals surface area contributed by atoms with Gasteiger partial charge in [-0.25, -0.2) is 4.98 Å². The summed E-state index contributed by atoms with van der Waals surface area (Å²) >= 11 is 0. The summed E-state index contributed by atoms with van der Waals surface area (Å²) < 4.78 is 5.17. The zero-order valence-corrected chi connectivity index (χ0v) is 11.5. The molecule has 1 amide bonds. The number of benzene rings is 1. The molecule has 0 saturated carbocycles. The second kappa shape index (κ2) is 5.56. The molecule has 104 valence electrons. The van der Waals surface area contributed by atoms with Crippen LogP contribution in [0.15, 0.2) is 29.2 Å². The Morgan fingerprint density at radius 1 is 1.35 bits per heavy atom. The van der Waals surface area contributed by atoms with Crippen molar-refractivity contribution in [2.75, 3.05) is 12.4 Å². The number of aromatic nitrogens is 2. The molecule has 2 aromatic rings. The van der Waals surface area contributed by atoms with Gasteiger partial charge in [0.1, 0.15) is 17.1 Å². The van der Waals surface area contributed by atoms with Gasteiger partial charge in [-0.15, -0.1) is 0 Å². The topological polar surface area (TPSA) is 84.1 Å². The Balaban J connectivity index is 2.32. The monoisotopic (exact) mass is 273 g/mol. The molecule has 6 nitrogen and oxygen atoms in total. The first-order valence-electron chi connectivity index (χ1n) is 6.03. The molecule has 2 N–H and O–H groups in total. The molecule has 0 atom stereocenters. The molecule has 0 fully saturated rings. The number of hydrogen-bond acceptors (Lipinski definition) is 4. The van der Waals surface area contributed by atoms with Crippen molar-refractivity contribution in [2.24, 2.45) is 0 Å². The Bertz CT molecular complexity index is 707. The van der Waals surface area contributed by atoms with Crippen LogP contribution >= 0.6 is 0 Å². The number of ether oxygens (including phenoxy) is 1. The Morgan fingerprint density at radius 3 is 2.75 bits per heavy atom. The lowest BCUT2D eigenvalue weighted by atomic mass is 10.2. The highest BCUT2D eigenvalue weighted by Crippen LogP contribution is 2.25. The second-order valence-electron chi connectivity index (χ2n) is 4.37. The predicted octanol–water partition coefficient (Wildman–Crippen LogP) is 1.65. The van der Waals surface area contributed by atoms with Gasteiger partial charge in [0.05, 0.1) is 12.8 Å². The van der Waals surface area contributed by atoms with Crippen LogP contribution < -0.4 is 15.6 Å². The number of nitrogens with zero attached hydrogens (tertiary/aromatic N) is 1. The van der Waals surface area contributed by atoms with E-state index in [0.29, 0.717) is 17.3 Å². The van der Waals surface area contributed by atoms with Gasteiger partial charge in [-0.3, -0.25) is 9.59 Å². The molecule has 20 heavy (non-hydrogen) atoms. The number of anilines is 1. The summed E-state index contributed by atoms with van der Waals surface area (Å²) in [5, 5.41) is 2.65. The number of H-pyrrole nitrogens is 1. The van der Waals surface area contributed by atoms with Gasteiger partial charge < -0.3 is 15.0 Å². The Hall–Kier alpha value is -2.63. The molecule has 1 heterocycles. The van der Waals surface area contributed by atoms with Crippen LogP contribution in [-0.2, 0) is 0 Å². The normalized spacial score (nSPS) is 10.2. The van der Waals surface area contributed by atoms with Gasteiger partial charge in [0.2, 0.25) is 0 Å². The summed E-state index contributed by atoms with van der Waals surface area (Å²) in [5.41, 5.74) is 0.968. The SMILES string of the molecule is COc1ccc(C)cc1NC(=O)c1cnc(C)[nH]c1=O. The van der Waals surface area contributed by atoms with E-state index < -0.39 is 11.5 Å². The van der Waals surface area contributed by atoms with Crippen molar-refractivity contribution in [1.82, 2.24) is 9.97 Å². The van der Waals surface area contributed by atoms with E-state index in [2.05, 4.69) is 15.3 Å². The van der Waals surface area contributed by atoms with Crippen molar-refractivity contribution >= 4 is 11.6 Å². The lowest BCUT2D eigenvalue weighted by Gasteiger charge is -2.10. The minimum Gasteiger partial charge on any atom is -0.495 e. The van der Waals surface area contributed by atoms with E-state index in [9.17, 15) is 9.59 Å². The first-order chi connectivity index (χ1) is 9.51. The van der Waals surface area contributed by atoms with Gasteiger partial charge >= 0.3 is 0 Å². The molecule has 0 bridgehead atoms. The van der Waals surface area contributed by atoms with Gasteiger partial charge in [0.25, 0.3) is 11.5 Å². The minimum atomic E-state index is -0.525. The fourth-order valence-electron chi connectivity index (χ4n) is 1.75. The molecule has 0 saturated heterocycles. The van der Waals surface area contributed by atoms with Crippen LogP contribution in [0.25, 0.3) is 0 Å². The van der Waals surface area contributed by atoms with E-state index in [4.69, 9.17) is 4.74 Å². The highest BCUT2D eigenvalue weighted by molar-refractivity contribution is 6.04. The summed E-state index contributed by atoms with van der Waals surface area (Å²) in [6.07, 6.45) is 1.26. The number of amides is 1. The number of hydrogen-bond donors (Lipinski definition) is 2. The molecule has 0 unspecified atom stereocenters. The van der Waals surface area contributed by atoms with E-state index in [1.165, 1.54) is 13.3 Å². The van der Waals surface area contributed by atoms with Crippen LogP contribution in [0.3, 0.4) is 0 Å². The smallest absolute Gasteiger partial charge is 0.263 e. The molecule has 1 aromatic carbocycles. The van der Waals surface area contributed by atoms with Crippen LogP contribution in [0.2, 0.25) is 0 Å². The van der Waals surface area contributed by atoms with E-state index in [1.807, 2.05) is 13.0 Å². The van der Waals surface area contributed by atoms with Crippen LogP contribution in [0.1, 0.15) is 21.7 Å². The van der Waals surface area contributed by atoms with Crippen LogP contribution in [0, 0.1) is 13.8 Å². The second-order valence-corrected chi connectivity index (χ2v) is 4.37. The maximum Gasteiger partial charge on any atom is 0.263 e. The highest BCUT2D eigenvalue weighted by atomic mass is 16.5. The molecule has 0 aliphatic heterocycles. The number of rotatable bonds is 3. The average Bonchev–Trinajstić information content (AvgIpc) is 2.38. The zero-order valence-electron chi connectivity index (χ0n) is 11.5. The molecule has 2 rings (SSSR count). The third-order valence-corrected chi connectivity index (χ3v) is 2.77. The van der Waals surface area contributed by atoms with Crippen LogP contribution in [0.4, 0.5) is 5.69 Å². The summed E-state index contributed by atoms with van der Waals surface area (Å²) in [6, 6.07) is 5.39. The first-order valence-corrected chi connectivity index (χ1v) is 6.03. The van der Waals surface area contributed by atoms with Crippen LogP contribution in [0.5, 0.6) is 5.75 Å². The predicted molar refractivity (Wildman–Crippen MR) is 75.3 cm³/mol. The number of carbonyl (C=O) groups excluding carboxylic acids is 1. The zero-order chi connectivity index (χ0) is 14.7. The average molecular weight is 273 g/mol. The first kappa shape index (κ1) is 13.8. The summed E-state index contributed by atoms with van der Waals surface area (Å²) in [5.74, 6) is 0.461. The van der Waals surface area contributed by atoms with Gasteiger partial charge in [0, 0.05) is 6.20 Å². The standard InChI is InChI=1S/C14H15N3O3/c1-8-4-5-12(20-3)11(6-8)17-14(19)10-7-15-9(2)16-13(10)18/h4-7H,1-3H3,(H,17,19)(H,15,16,18). The third kappa shape index (κ3) is 2.85. The quantitative estimate of drug-likeness (QED) is 0.890. The largest absolute Gasteiger partial charge is 0.495 e. The number of nitrogens with one attached hydrogen (secondary N) is 2. The molecule has 6 heteroatoms. The fraction of sp³-hybridized carbons (Fsp3) is 0.214. The molecular weight excluding hydrogens is 258 g/mol. The maximum atomic E-state index is 12.1. The molecule has 0 aliphatic rings. The van der Waals surface area contributed by atoms with Crippen molar-refractivity contribution in [1.29, 1.82) is 0 Å². The lowest BCUT2D eigenvalue weighted by Crippen LogP contribution is -2.24. The van der Waals surface area contributed by atoms with E-state index in [0.717, 1.165) is 5.56 Å². The number of aryl methyl sites for hydroxylation is 2. The van der Waals surface area contributed by atoms with Gasteiger partial charge in [0.15, 0.2) is 0 Å². The van der Waals surface area contributed by atoms with Gasteiger partial charge in [-0.2, -0.15) is 0 Å². The van der Waals surface area contributed by atoms with Crippen molar-refractivity contribution in [2.45, 2.75) is 13.8 Å². The van der Waals surface area contributed by atoms with Crippen molar-refractivity contribution in [3.05, 3.63) is 51.7 Å². The highest BCUT2D eigenvalue weighted by Gasteiger charge is 2.13. The molecule has 1 aromatic heterocycles. The summed E-state index contributed by atoms with van der Waals surface area (Å²) in [7, 11) is 1.51. The van der Waals surface area contributed by atoms with Gasteiger partial charge in [-0.05, 0) is 31.5 Å². The minimum absolute atomic E-state index is 0.0424. The third-order valence-electron chi connectivity index (χ3n) is 2.77. The fourth-order valence-corrected chi connectivity index (χ4v) is 1.75. The van der Waals surface area contributed by atoms with Crippen molar-refractivity contribution in [3.8, 4) is 5.75 Å². The maximum absolute atomic E-state index is 12.1. The van der Waals surface area contributed by atoms with E-state index in [-0.39, 0.29) is 5.56 Å². The Morgan fingerprint density at radius 2 is 2.10 bits per heavy atom. The molecule has 0 spiro atoms. The number of carbonyl (C=O) groups is 1.